The van der Waals surface area contributed by atoms with Gasteiger partial charge in [0.15, 0.2) is 11.5 Å². The Hall–Kier alpha value is -3.32. The number of hydrogen-bond acceptors (Lipinski definition) is 5. The molecule has 0 spiro atoms. The average molecular weight is 394 g/mol. The van der Waals surface area contributed by atoms with Crippen LogP contribution in [0.25, 0.3) is 10.4 Å². The van der Waals surface area contributed by atoms with Crippen LogP contribution in [0.5, 0.6) is 11.5 Å². The summed E-state index contributed by atoms with van der Waals surface area (Å²) in [5.74, 6) is 0.102. The first-order valence-corrected chi connectivity index (χ1v) is 9.57. The number of primary amides is 1. The molecular formula is C21H18N2O4S. The Morgan fingerprint density at radius 3 is 2.32 bits per heavy atom. The topological polar surface area (TPSA) is 90.7 Å². The van der Waals surface area contributed by atoms with E-state index in [9.17, 15) is 9.59 Å². The maximum atomic E-state index is 12.8. The van der Waals surface area contributed by atoms with Gasteiger partial charge < -0.3 is 20.5 Å². The van der Waals surface area contributed by atoms with E-state index >= 15 is 0 Å². The van der Waals surface area contributed by atoms with Crippen molar-refractivity contribution in [3.8, 4) is 21.9 Å². The fourth-order valence-corrected chi connectivity index (χ4v) is 4.07. The number of nitrogens with one attached hydrogen (secondary N) is 1. The van der Waals surface area contributed by atoms with Crippen LogP contribution >= 0.6 is 11.3 Å². The highest BCUT2D eigenvalue weighted by Crippen LogP contribution is 2.37. The van der Waals surface area contributed by atoms with E-state index in [0.29, 0.717) is 16.5 Å². The number of carbonyl (C=O) groups excluding carboxylic acids is 2. The molecule has 7 heteroatoms. The molecular weight excluding hydrogens is 376 g/mol. The summed E-state index contributed by atoms with van der Waals surface area (Å²) in [5.41, 5.74) is 6.72. The van der Waals surface area contributed by atoms with E-state index in [1.54, 1.807) is 25.1 Å². The van der Waals surface area contributed by atoms with E-state index < -0.39 is 24.0 Å². The van der Waals surface area contributed by atoms with Crippen LogP contribution in [0.15, 0.2) is 60.7 Å². The van der Waals surface area contributed by atoms with Crippen LogP contribution in [-0.2, 0) is 4.79 Å². The van der Waals surface area contributed by atoms with Crippen molar-refractivity contribution < 1.29 is 19.1 Å². The van der Waals surface area contributed by atoms with Crippen LogP contribution in [-0.4, -0.2) is 24.0 Å². The largest absolute Gasteiger partial charge is 0.482 e. The molecule has 2 aromatic carbocycles. The summed E-state index contributed by atoms with van der Waals surface area (Å²) in [6, 6.07) is 18.5. The molecule has 6 nitrogen and oxygen atoms in total. The van der Waals surface area contributed by atoms with Crippen molar-refractivity contribution in [3.05, 3.63) is 66.2 Å². The number of rotatable bonds is 4. The molecule has 2 atom stereocenters. The van der Waals surface area contributed by atoms with E-state index in [0.717, 1.165) is 10.4 Å². The summed E-state index contributed by atoms with van der Waals surface area (Å²) in [5, 5.41) is 3.18. The van der Waals surface area contributed by atoms with Crippen molar-refractivity contribution in [1.82, 2.24) is 0 Å². The third-order valence-electron chi connectivity index (χ3n) is 4.39. The first-order chi connectivity index (χ1) is 13.5. The zero-order valence-corrected chi connectivity index (χ0v) is 15.9. The summed E-state index contributed by atoms with van der Waals surface area (Å²) in [4.78, 5) is 25.6. The number of benzene rings is 2. The zero-order valence-electron chi connectivity index (χ0n) is 15.0. The Balaban J connectivity index is 1.59. The SMILES string of the molecule is CC1Oc2ccccc2OC1C(=O)Nc1sc(-c2ccccc2)cc1C(N)=O. The third-order valence-corrected chi connectivity index (χ3v) is 5.49. The van der Waals surface area contributed by atoms with Crippen molar-refractivity contribution in [2.75, 3.05) is 5.32 Å². The van der Waals surface area contributed by atoms with E-state index in [4.69, 9.17) is 15.2 Å². The van der Waals surface area contributed by atoms with Crippen LogP contribution in [0, 0.1) is 0 Å². The Bertz CT molecular complexity index is 1030. The van der Waals surface area contributed by atoms with Gasteiger partial charge in [0.05, 0.1) is 5.56 Å². The van der Waals surface area contributed by atoms with Gasteiger partial charge in [0.25, 0.3) is 11.8 Å². The normalized spacial score (nSPS) is 17.8. The number of fused-ring (bicyclic) bond motifs is 1. The highest BCUT2D eigenvalue weighted by Gasteiger charge is 2.34. The molecule has 0 radical (unpaired) electrons. The number of amides is 2. The van der Waals surface area contributed by atoms with Crippen LogP contribution in [0.1, 0.15) is 17.3 Å². The molecule has 2 unspecified atom stereocenters. The molecule has 2 heterocycles. The van der Waals surface area contributed by atoms with Gasteiger partial charge in [-0.05, 0) is 30.7 Å². The second kappa shape index (κ2) is 7.36. The van der Waals surface area contributed by atoms with Crippen LogP contribution in [0.3, 0.4) is 0 Å². The minimum atomic E-state index is -0.849. The van der Waals surface area contributed by atoms with Crippen molar-refractivity contribution >= 4 is 28.2 Å². The molecule has 1 aromatic heterocycles. The van der Waals surface area contributed by atoms with E-state index in [2.05, 4.69) is 5.32 Å². The Kier molecular flexibility index (Phi) is 4.75. The van der Waals surface area contributed by atoms with E-state index in [1.165, 1.54) is 11.3 Å². The molecule has 0 aliphatic carbocycles. The first-order valence-electron chi connectivity index (χ1n) is 8.75. The van der Waals surface area contributed by atoms with Gasteiger partial charge in [-0.15, -0.1) is 11.3 Å². The fraction of sp³-hybridized carbons (Fsp3) is 0.143. The van der Waals surface area contributed by atoms with Crippen molar-refractivity contribution in [3.63, 3.8) is 0 Å². The Labute approximate surface area is 165 Å². The fourth-order valence-electron chi connectivity index (χ4n) is 3.00. The number of para-hydroxylation sites is 2. The molecule has 1 aliphatic rings. The summed E-state index contributed by atoms with van der Waals surface area (Å²) in [6.07, 6.45) is -1.33. The lowest BCUT2D eigenvalue weighted by molar-refractivity contribution is -0.127. The highest BCUT2D eigenvalue weighted by atomic mass is 32.1. The lowest BCUT2D eigenvalue weighted by Gasteiger charge is -2.30. The second-order valence-corrected chi connectivity index (χ2v) is 7.43. The van der Waals surface area contributed by atoms with E-state index in [-0.39, 0.29) is 5.56 Å². The van der Waals surface area contributed by atoms with Gasteiger partial charge in [-0.1, -0.05) is 42.5 Å². The van der Waals surface area contributed by atoms with Crippen LogP contribution < -0.4 is 20.5 Å². The van der Waals surface area contributed by atoms with Gasteiger partial charge in [-0.2, -0.15) is 0 Å². The van der Waals surface area contributed by atoms with Crippen molar-refractivity contribution in [1.29, 1.82) is 0 Å². The molecule has 3 aromatic rings. The molecule has 0 saturated carbocycles. The van der Waals surface area contributed by atoms with Gasteiger partial charge in [0, 0.05) is 4.88 Å². The summed E-state index contributed by atoms with van der Waals surface area (Å²) in [7, 11) is 0. The first kappa shape index (κ1) is 18.1. The highest BCUT2D eigenvalue weighted by molar-refractivity contribution is 7.20. The molecule has 142 valence electrons. The minimum absolute atomic E-state index is 0.266. The number of thiophene rings is 1. The van der Waals surface area contributed by atoms with E-state index in [1.807, 2.05) is 42.5 Å². The van der Waals surface area contributed by atoms with Gasteiger partial charge >= 0.3 is 0 Å². The lowest BCUT2D eigenvalue weighted by Crippen LogP contribution is -2.46. The van der Waals surface area contributed by atoms with Crippen LogP contribution in [0.2, 0.25) is 0 Å². The molecule has 1 aliphatic heterocycles. The Morgan fingerprint density at radius 2 is 1.64 bits per heavy atom. The van der Waals surface area contributed by atoms with Gasteiger partial charge in [-0.3, -0.25) is 9.59 Å². The van der Waals surface area contributed by atoms with Gasteiger partial charge in [0.2, 0.25) is 6.10 Å². The number of nitrogens with two attached hydrogens (primary N) is 1. The average Bonchev–Trinajstić information content (AvgIpc) is 3.12. The zero-order chi connectivity index (χ0) is 19.7. The van der Waals surface area contributed by atoms with Gasteiger partial charge in [0.1, 0.15) is 11.1 Å². The lowest BCUT2D eigenvalue weighted by atomic mass is 10.1. The molecule has 3 N–H and O–H groups in total. The standard InChI is InChI=1S/C21H18N2O4S/c1-12-18(27-16-10-6-5-9-15(16)26-12)20(25)23-21-14(19(22)24)11-17(28-21)13-7-3-2-4-8-13/h2-12,18H,1H3,(H2,22,24)(H,23,25). The maximum Gasteiger partial charge on any atom is 0.269 e. The predicted octanol–water partition coefficient (Wildman–Crippen LogP) is 3.68. The maximum absolute atomic E-state index is 12.8. The quantitative estimate of drug-likeness (QED) is 0.706. The molecule has 4 rings (SSSR count). The summed E-state index contributed by atoms with van der Waals surface area (Å²) in [6.45, 7) is 1.76. The predicted molar refractivity (Wildman–Crippen MR) is 108 cm³/mol. The molecule has 28 heavy (non-hydrogen) atoms. The number of carbonyl (C=O) groups is 2. The summed E-state index contributed by atoms with van der Waals surface area (Å²) >= 11 is 1.29. The summed E-state index contributed by atoms with van der Waals surface area (Å²) < 4.78 is 11.6. The second-order valence-electron chi connectivity index (χ2n) is 6.38. The minimum Gasteiger partial charge on any atom is -0.482 e. The molecule has 0 fully saturated rings. The van der Waals surface area contributed by atoms with Crippen molar-refractivity contribution in [2.45, 2.75) is 19.1 Å². The molecule has 2 amide bonds. The number of anilines is 1. The van der Waals surface area contributed by atoms with Gasteiger partial charge in [-0.25, -0.2) is 0 Å². The monoisotopic (exact) mass is 394 g/mol. The smallest absolute Gasteiger partial charge is 0.269 e. The molecule has 0 saturated heterocycles. The van der Waals surface area contributed by atoms with Crippen LogP contribution in [0.4, 0.5) is 5.00 Å². The third kappa shape index (κ3) is 3.44. The number of ether oxygens (including phenoxy) is 2. The van der Waals surface area contributed by atoms with Crippen molar-refractivity contribution in [2.24, 2.45) is 5.73 Å². The number of hydrogen-bond donors (Lipinski definition) is 2. The Morgan fingerprint density at radius 1 is 1.00 bits per heavy atom. The molecule has 0 bridgehead atoms.